The summed E-state index contributed by atoms with van der Waals surface area (Å²) in [5.41, 5.74) is 1.84. The van der Waals surface area contributed by atoms with Gasteiger partial charge in [-0.05, 0) is 42.7 Å². The van der Waals surface area contributed by atoms with Crippen LogP contribution in [0.3, 0.4) is 0 Å². The van der Waals surface area contributed by atoms with Crippen molar-refractivity contribution in [1.29, 1.82) is 0 Å². The third-order valence-electron chi connectivity index (χ3n) is 4.82. The lowest BCUT2D eigenvalue weighted by Crippen LogP contribution is -2.23. The monoisotopic (exact) mass is 409 g/mol. The quantitative estimate of drug-likeness (QED) is 0.610. The Morgan fingerprint density at radius 2 is 2.20 bits per heavy atom. The van der Waals surface area contributed by atoms with Gasteiger partial charge in [0.15, 0.2) is 23.0 Å². The number of carbonyl (C=O) groups is 1. The maximum atomic E-state index is 12.4. The fourth-order valence-electron chi connectivity index (χ4n) is 3.20. The molecule has 4 rings (SSSR count). The van der Waals surface area contributed by atoms with Crippen LogP contribution in [0.25, 0.3) is 11.3 Å². The summed E-state index contributed by atoms with van der Waals surface area (Å²) in [6.07, 6.45) is 5.53. The molecule has 1 aliphatic heterocycles. The zero-order chi connectivity index (χ0) is 20.8. The lowest BCUT2D eigenvalue weighted by Gasteiger charge is -2.15. The average Bonchev–Trinajstić information content (AvgIpc) is 3.49. The Kier molecular flexibility index (Phi) is 6.24. The van der Waals surface area contributed by atoms with Gasteiger partial charge in [-0.15, -0.1) is 0 Å². The molecule has 0 radical (unpaired) electrons. The van der Waals surface area contributed by atoms with Crippen molar-refractivity contribution in [1.82, 2.24) is 15.5 Å². The normalized spacial score (nSPS) is 15.7. The first kappa shape index (κ1) is 19.9. The maximum absolute atomic E-state index is 12.4. The van der Waals surface area contributed by atoms with Crippen molar-refractivity contribution in [2.24, 2.45) is 0 Å². The number of nitrogens with zero attached hydrogens (tertiary/aromatic N) is 2. The Morgan fingerprint density at radius 3 is 2.97 bits per heavy atom. The molecule has 1 atom stereocenters. The van der Waals surface area contributed by atoms with Gasteiger partial charge in [0.2, 0.25) is 0 Å². The minimum atomic E-state index is -0.327. The third kappa shape index (κ3) is 4.77. The molecule has 0 spiro atoms. The van der Waals surface area contributed by atoms with Gasteiger partial charge >= 0.3 is 0 Å². The Labute approximate surface area is 174 Å². The van der Waals surface area contributed by atoms with Gasteiger partial charge in [0.1, 0.15) is 6.61 Å². The van der Waals surface area contributed by atoms with E-state index in [9.17, 15) is 4.79 Å². The van der Waals surface area contributed by atoms with Crippen LogP contribution >= 0.6 is 0 Å². The van der Waals surface area contributed by atoms with Gasteiger partial charge in [-0.2, -0.15) is 0 Å². The summed E-state index contributed by atoms with van der Waals surface area (Å²) >= 11 is 0. The second-order valence-electron chi connectivity index (χ2n) is 6.93. The van der Waals surface area contributed by atoms with E-state index in [1.165, 1.54) is 0 Å². The topological polar surface area (TPSA) is 95.7 Å². The number of amides is 1. The summed E-state index contributed by atoms with van der Waals surface area (Å²) in [5, 5.41) is 6.68. The molecule has 3 heterocycles. The van der Waals surface area contributed by atoms with Gasteiger partial charge in [0, 0.05) is 37.2 Å². The predicted octanol–water partition coefficient (Wildman–Crippen LogP) is 3.23. The van der Waals surface area contributed by atoms with Gasteiger partial charge in [-0.3, -0.25) is 9.78 Å². The first-order valence-electron chi connectivity index (χ1n) is 9.79. The first-order valence-corrected chi connectivity index (χ1v) is 9.79. The fraction of sp³-hybridized carbons (Fsp3) is 0.318. The number of carbonyl (C=O) groups excluding carboxylic acids is 1. The lowest BCUT2D eigenvalue weighted by molar-refractivity contribution is 0.0669. The highest BCUT2D eigenvalue weighted by atomic mass is 16.5. The van der Waals surface area contributed by atoms with E-state index >= 15 is 0 Å². The molecule has 8 nitrogen and oxygen atoms in total. The SMILES string of the molecule is COc1cc(CNC(=O)c2cc(-c3cccnc3)on2)ccc1OC[C@H]1CCCO1. The van der Waals surface area contributed by atoms with Crippen LogP contribution in [-0.2, 0) is 11.3 Å². The first-order chi connectivity index (χ1) is 14.7. The highest BCUT2D eigenvalue weighted by Crippen LogP contribution is 2.29. The number of ether oxygens (including phenoxy) is 3. The van der Waals surface area contributed by atoms with Crippen molar-refractivity contribution in [3.05, 3.63) is 60.0 Å². The minimum Gasteiger partial charge on any atom is -0.493 e. The Bertz CT molecular complexity index is 983. The van der Waals surface area contributed by atoms with E-state index in [-0.39, 0.29) is 17.7 Å². The van der Waals surface area contributed by atoms with Crippen LogP contribution in [0.4, 0.5) is 0 Å². The van der Waals surface area contributed by atoms with E-state index in [1.54, 1.807) is 31.6 Å². The zero-order valence-electron chi connectivity index (χ0n) is 16.7. The molecule has 1 fully saturated rings. The number of aromatic nitrogens is 2. The number of pyridine rings is 1. The van der Waals surface area contributed by atoms with Crippen molar-refractivity contribution in [2.45, 2.75) is 25.5 Å². The van der Waals surface area contributed by atoms with Gasteiger partial charge < -0.3 is 24.1 Å². The van der Waals surface area contributed by atoms with Crippen molar-refractivity contribution < 1.29 is 23.5 Å². The second-order valence-corrected chi connectivity index (χ2v) is 6.93. The molecule has 8 heteroatoms. The second kappa shape index (κ2) is 9.41. The molecular formula is C22H23N3O5. The van der Waals surface area contributed by atoms with Crippen molar-refractivity contribution in [3.8, 4) is 22.8 Å². The maximum Gasteiger partial charge on any atom is 0.273 e. The van der Waals surface area contributed by atoms with Gasteiger partial charge in [0.25, 0.3) is 5.91 Å². The number of benzene rings is 1. The summed E-state index contributed by atoms with van der Waals surface area (Å²) in [5.74, 6) is 1.43. The molecule has 0 aliphatic carbocycles. The number of nitrogens with one attached hydrogen (secondary N) is 1. The highest BCUT2D eigenvalue weighted by molar-refractivity contribution is 5.93. The Balaban J connectivity index is 1.35. The van der Waals surface area contributed by atoms with Gasteiger partial charge in [-0.1, -0.05) is 11.2 Å². The molecule has 0 saturated carbocycles. The molecule has 1 aliphatic rings. The van der Waals surface area contributed by atoms with Gasteiger partial charge in [-0.25, -0.2) is 0 Å². The molecule has 0 unspecified atom stereocenters. The Morgan fingerprint density at radius 1 is 1.27 bits per heavy atom. The molecule has 3 aromatic rings. The van der Waals surface area contributed by atoms with E-state index < -0.39 is 0 Å². The summed E-state index contributed by atoms with van der Waals surface area (Å²) in [6, 6.07) is 10.8. The molecule has 1 saturated heterocycles. The van der Waals surface area contributed by atoms with Crippen LogP contribution in [0, 0.1) is 0 Å². The number of rotatable bonds is 8. The standard InChI is InChI=1S/C22H23N3O5/c1-27-21-10-15(6-7-19(21)29-14-17-5-3-9-28-17)12-24-22(26)18-11-20(30-25-18)16-4-2-8-23-13-16/h2,4,6-8,10-11,13,17H,3,5,9,12,14H2,1H3,(H,24,26)/t17-/m1/s1. The van der Waals surface area contributed by atoms with Crippen LogP contribution in [-0.4, -0.2) is 42.5 Å². The summed E-state index contributed by atoms with van der Waals surface area (Å²) in [6.45, 7) is 1.60. The summed E-state index contributed by atoms with van der Waals surface area (Å²) < 4.78 is 22.1. The van der Waals surface area contributed by atoms with Crippen LogP contribution in [0.2, 0.25) is 0 Å². The lowest BCUT2D eigenvalue weighted by atomic mass is 10.2. The van der Waals surface area contributed by atoms with E-state index in [0.29, 0.717) is 30.4 Å². The van der Waals surface area contributed by atoms with Gasteiger partial charge in [0.05, 0.1) is 13.2 Å². The molecular weight excluding hydrogens is 386 g/mol. The van der Waals surface area contributed by atoms with E-state index in [0.717, 1.165) is 30.6 Å². The predicted molar refractivity (Wildman–Crippen MR) is 108 cm³/mol. The van der Waals surface area contributed by atoms with Crippen molar-refractivity contribution >= 4 is 5.91 Å². The molecule has 30 heavy (non-hydrogen) atoms. The largest absolute Gasteiger partial charge is 0.493 e. The molecule has 1 N–H and O–H groups in total. The van der Waals surface area contributed by atoms with E-state index in [1.807, 2.05) is 24.3 Å². The molecule has 0 bridgehead atoms. The Hall–Kier alpha value is -3.39. The van der Waals surface area contributed by atoms with E-state index in [2.05, 4.69) is 15.5 Å². The molecule has 156 valence electrons. The fourth-order valence-corrected chi connectivity index (χ4v) is 3.20. The van der Waals surface area contributed by atoms with Crippen molar-refractivity contribution in [2.75, 3.05) is 20.3 Å². The zero-order valence-corrected chi connectivity index (χ0v) is 16.7. The minimum absolute atomic E-state index is 0.132. The van der Waals surface area contributed by atoms with Crippen LogP contribution < -0.4 is 14.8 Å². The van der Waals surface area contributed by atoms with Crippen LogP contribution in [0.1, 0.15) is 28.9 Å². The smallest absolute Gasteiger partial charge is 0.273 e. The highest BCUT2D eigenvalue weighted by Gasteiger charge is 2.18. The number of methoxy groups -OCH3 is 1. The molecule has 1 amide bonds. The van der Waals surface area contributed by atoms with Crippen molar-refractivity contribution in [3.63, 3.8) is 0 Å². The number of hydrogen-bond acceptors (Lipinski definition) is 7. The van der Waals surface area contributed by atoms with Crippen LogP contribution in [0.5, 0.6) is 11.5 Å². The van der Waals surface area contributed by atoms with Crippen LogP contribution in [0.15, 0.2) is 53.3 Å². The summed E-state index contributed by atoms with van der Waals surface area (Å²) in [7, 11) is 1.59. The summed E-state index contributed by atoms with van der Waals surface area (Å²) in [4.78, 5) is 16.4. The molecule has 1 aromatic carbocycles. The molecule has 2 aromatic heterocycles. The average molecular weight is 409 g/mol. The third-order valence-corrected chi connectivity index (χ3v) is 4.82. The number of hydrogen-bond donors (Lipinski definition) is 1. The van der Waals surface area contributed by atoms with E-state index in [4.69, 9.17) is 18.7 Å².